The van der Waals surface area contributed by atoms with Crippen LogP contribution in [0.4, 0.5) is 17.3 Å². The van der Waals surface area contributed by atoms with E-state index in [4.69, 9.17) is 9.47 Å². The number of piperidine rings is 1. The number of anilines is 3. The number of hydrogen-bond acceptors (Lipinski definition) is 8. The van der Waals surface area contributed by atoms with Gasteiger partial charge in [0.1, 0.15) is 29.5 Å². The standard InChI is InChI=1S/C22H29N5O3S/c1-29-17-3-4-19(30-2)18(13-17)25-22(28)16-5-7-26(8-6-16)20-14-21(24-15-23-20)27-9-11-31-12-10-27/h3-4,13-16H,5-12H2,1-2H3,(H,25,28). The van der Waals surface area contributed by atoms with Crippen molar-refractivity contribution in [3.63, 3.8) is 0 Å². The number of rotatable bonds is 6. The first-order valence-corrected chi connectivity index (χ1v) is 11.8. The number of thioether (sulfide) groups is 1. The van der Waals surface area contributed by atoms with E-state index in [0.717, 1.165) is 62.2 Å². The van der Waals surface area contributed by atoms with Crippen LogP contribution in [-0.2, 0) is 4.79 Å². The van der Waals surface area contributed by atoms with Crippen molar-refractivity contribution in [2.24, 2.45) is 5.92 Å². The maximum Gasteiger partial charge on any atom is 0.227 e. The number of ether oxygens (including phenoxy) is 2. The molecule has 0 unspecified atom stereocenters. The molecule has 0 bridgehead atoms. The summed E-state index contributed by atoms with van der Waals surface area (Å²) in [6.45, 7) is 3.63. The van der Waals surface area contributed by atoms with E-state index in [2.05, 4.69) is 31.2 Å². The highest BCUT2D eigenvalue weighted by Crippen LogP contribution is 2.31. The minimum Gasteiger partial charge on any atom is -0.497 e. The number of carbonyl (C=O) groups excluding carboxylic acids is 1. The largest absolute Gasteiger partial charge is 0.497 e. The second-order valence-corrected chi connectivity index (χ2v) is 8.88. The lowest BCUT2D eigenvalue weighted by atomic mass is 9.95. The van der Waals surface area contributed by atoms with Crippen LogP contribution in [-0.4, -0.2) is 67.8 Å². The lowest BCUT2D eigenvalue weighted by Gasteiger charge is -2.33. The van der Waals surface area contributed by atoms with Crippen molar-refractivity contribution in [1.29, 1.82) is 0 Å². The van der Waals surface area contributed by atoms with Gasteiger partial charge in [0, 0.05) is 55.7 Å². The van der Waals surface area contributed by atoms with Gasteiger partial charge in [-0.05, 0) is 25.0 Å². The molecular formula is C22H29N5O3S. The summed E-state index contributed by atoms with van der Waals surface area (Å²) in [5, 5.41) is 3.02. The number of nitrogens with zero attached hydrogens (tertiary/aromatic N) is 4. The Morgan fingerprint density at radius 1 is 1.00 bits per heavy atom. The average molecular weight is 444 g/mol. The summed E-state index contributed by atoms with van der Waals surface area (Å²) in [4.78, 5) is 26.4. The van der Waals surface area contributed by atoms with Gasteiger partial charge in [0.15, 0.2) is 0 Å². The molecule has 1 aromatic carbocycles. The molecule has 2 fully saturated rings. The number of carbonyl (C=O) groups is 1. The normalized spacial score (nSPS) is 17.4. The van der Waals surface area contributed by atoms with Gasteiger partial charge in [-0.25, -0.2) is 9.97 Å². The Balaban J connectivity index is 1.36. The molecule has 1 amide bonds. The van der Waals surface area contributed by atoms with Crippen molar-refractivity contribution in [2.45, 2.75) is 12.8 Å². The minimum atomic E-state index is -0.0485. The van der Waals surface area contributed by atoms with Crippen LogP contribution in [0.1, 0.15) is 12.8 Å². The Morgan fingerprint density at radius 3 is 2.32 bits per heavy atom. The van der Waals surface area contributed by atoms with Gasteiger partial charge < -0.3 is 24.6 Å². The summed E-state index contributed by atoms with van der Waals surface area (Å²) in [6, 6.07) is 7.47. The van der Waals surface area contributed by atoms with E-state index in [1.54, 1.807) is 32.7 Å². The molecule has 8 nitrogen and oxygen atoms in total. The summed E-state index contributed by atoms with van der Waals surface area (Å²) in [7, 11) is 3.20. The third kappa shape index (κ3) is 5.15. The molecular weight excluding hydrogens is 414 g/mol. The first kappa shape index (κ1) is 21.5. The molecule has 2 aromatic rings. The van der Waals surface area contributed by atoms with Crippen LogP contribution in [0.3, 0.4) is 0 Å². The lowest BCUT2D eigenvalue weighted by molar-refractivity contribution is -0.120. The van der Waals surface area contributed by atoms with E-state index in [0.29, 0.717) is 17.2 Å². The fourth-order valence-electron chi connectivity index (χ4n) is 3.99. The zero-order valence-corrected chi connectivity index (χ0v) is 18.9. The highest BCUT2D eigenvalue weighted by molar-refractivity contribution is 7.99. The van der Waals surface area contributed by atoms with Gasteiger partial charge >= 0.3 is 0 Å². The summed E-state index contributed by atoms with van der Waals surface area (Å²) >= 11 is 1.99. The summed E-state index contributed by atoms with van der Waals surface area (Å²) < 4.78 is 10.6. The Kier molecular flexibility index (Phi) is 7.01. The number of aromatic nitrogens is 2. The molecule has 0 saturated carbocycles. The van der Waals surface area contributed by atoms with Crippen LogP contribution in [0.2, 0.25) is 0 Å². The maximum atomic E-state index is 12.9. The van der Waals surface area contributed by atoms with Gasteiger partial charge in [-0.15, -0.1) is 0 Å². The zero-order chi connectivity index (χ0) is 21.6. The fourth-order valence-corrected chi connectivity index (χ4v) is 4.90. The molecule has 2 saturated heterocycles. The molecule has 166 valence electrons. The summed E-state index contributed by atoms with van der Waals surface area (Å²) in [5.74, 6) is 5.48. The number of methoxy groups -OCH3 is 2. The molecule has 2 aliphatic heterocycles. The average Bonchev–Trinajstić information content (AvgIpc) is 2.84. The first-order valence-electron chi connectivity index (χ1n) is 10.6. The van der Waals surface area contributed by atoms with Gasteiger partial charge in [-0.3, -0.25) is 4.79 Å². The number of nitrogens with one attached hydrogen (secondary N) is 1. The molecule has 0 spiro atoms. The molecule has 2 aliphatic rings. The number of amides is 1. The quantitative estimate of drug-likeness (QED) is 0.730. The Bertz CT molecular complexity index is 898. The molecule has 3 heterocycles. The van der Waals surface area contributed by atoms with E-state index in [1.807, 2.05) is 17.8 Å². The predicted octanol–water partition coefficient (Wildman–Crippen LogP) is 2.90. The Hall–Kier alpha value is -2.68. The van der Waals surface area contributed by atoms with Crippen LogP contribution >= 0.6 is 11.8 Å². The van der Waals surface area contributed by atoms with Crippen molar-refractivity contribution in [3.05, 3.63) is 30.6 Å². The molecule has 1 N–H and O–H groups in total. The monoisotopic (exact) mass is 443 g/mol. The molecule has 31 heavy (non-hydrogen) atoms. The SMILES string of the molecule is COc1ccc(OC)c(NC(=O)C2CCN(c3cc(N4CCSCC4)ncn3)CC2)c1. The van der Waals surface area contributed by atoms with Gasteiger partial charge in [0.05, 0.1) is 19.9 Å². The topological polar surface area (TPSA) is 79.8 Å². The van der Waals surface area contributed by atoms with Gasteiger partial charge in [0.2, 0.25) is 5.91 Å². The van der Waals surface area contributed by atoms with Crippen molar-refractivity contribution in [1.82, 2.24) is 9.97 Å². The van der Waals surface area contributed by atoms with Crippen LogP contribution in [0, 0.1) is 5.92 Å². The maximum absolute atomic E-state index is 12.9. The van der Waals surface area contributed by atoms with Crippen molar-refractivity contribution in [2.75, 3.05) is 67.0 Å². The summed E-state index contributed by atoms with van der Waals surface area (Å²) in [5.41, 5.74) is 0.634. The molecule has 0 radical (unpaired) electrons. The molecule has 1 aromatic heterocycles. The molecule has 0 atom stereocenters. The predicted molar refractivity (Wildman–Crippen MR) is 125 cm³/mol. The van der Waals surface area contributed by atoms with Gasteiger partial charge in [-0.1, -0.05) is 0 Å². The van der Waals surface area contributed by atoms with Crippen LogP contribution in [0.15, 0.2) is 30.6 Å². The first-order chi connectivity index (χ1) is 15.2. The van der Waals surface area contributed by atoms with E-state index in [1.165, 1.54) is 0 Å². The fraction of sp³-hybridized carbons (Fsp3) is 0.500. The highest BCUT2D eigenvalue weighted by atomic mass is 32.2. The van der Waals surface area contributed by atoms with E-state index in [9.17, 15) is 4.79 Å². The van der Waals surface area contributed by atoms with Crippen LogP contribution in [0.5, 0.6) is 11.5 Å². The van der Waals surface area contributed by atoms with Gasteiger partial charge in [0.25, 0.3) is 0 Å². The second-order valence-electron chi connectivity index (χ2n) is 7.65. The Morgan fingerprint density at radius 2 is 1.68 bits per heavy atom. The van der Waals surface area contributed by atoms with Crippen LogP contribution < -0.4 is 24.6 Å². The third-order valence-electron chi connectivity index (χ3n) is 5.83. The van der Waals surface area contributed by atoms with E-state index < -0.39 is 0 Å². The third-order valence-corrected chi connectivity index (χ3v) is 6.77. The minimum absolute atomic E-state index is 0.0143. The number of benzene rings is 1. The van der Waals surface area contributed by atoms with Crippen molar-refractivity contribution < 1.29 is 14.3 Å². The summed E-state index contributed by atoms with van der Waals surface area (Å²) in [6.07, 6.45) is 3.20. The van der Waals surface area contributed by atoms with Crippen molar-refractivity contribution in [3.8, 4) is 11.5 Å². The smallest absolute Gasteiger partial charge is 0.227 e. The molecule has 0 aliphatic carbocycles. The van der Waals surface area contributed by atoms with Crippen LogP contribution in [0.25, 0.3) is 0 Å². The van der Waals surface area contributed by atoms with E-state index >= 15 is 0 Å². The highest BCUT2D eigenvalue weighted by Gasteiger charge is 2.27. The lowest BCUT2D eigenvalue weighted by Crippen LogP contribution is -2.39. The van der Waals surface area contributed by atoms with Gasteiger partial charge in [-0.2, -0.15) is 11.8 Å². The number of hydrogen-bond donors (Lipinski definition) is 1. The molecule has 4 rings (SSSR count). The Labute approximate surface area is 187 Å². The second kappa shape index (κ2) is 10.1. The zero-order valence-electron chi connectivity index (χ0n) is 18.0. The van der Waals surface area contributed by atoms with Crippen molar-refractivity contribution >= 4 is 35.0 Å². The molecule has 9 heteroatoms. The van der Waals surface area contributed by atoms with E-state index in [-0.39, 0.29) is 11.8 Å².